The summed E-state index contributed by atoms with van der Waals surface area (Å²) in [4.78, 5) is 8.67. The third-order valence-electron chi connectivity index (χ3n) is 2.73. The highest BCUT2D eigenvalue weighted by Gasteiger charge is 2.14. The molecule has 0 atom stereocenters. The summed E-state index contributed by atoms with van der Waals surface area (Å²) in [6.07, 6.45) is 1.42. The minimum atomic E-state index is -0.536. The lowest BCUT2D eigenvalue weighted by molar-refractivity contribution is 0.584. The van der Waals surface area contributed by atoms with E-state index in [-0.39, 0.29) is 0 Å². The quantitative estimate of drug-likeness (QED) is 0.720. The molecule has 0 aliphatic heterocycles. The molecular formula is C14H9ClFN3S. The van der Waals surface area contributed by atoms with Gasteiger partial charge in [-0.25, -0.2) is 9.97 Å². The van der Waals surface area contributed by atoms with Crippen LogP contribution in [-0.2, 0) is 0 Å². The Bertz CT molecular complexity index is 710. The van der Waals surface area contributed by atoms with Crippen LogP contribution in [0.15, 0.2) is 42.6 Å². The van der Waals surface area contributed by atoms with Gasteiger partial charge < -0.3 is 5.73 Å². The van der Waals surface area contributed by atoms with E-state index in [0.29, 0.717) is 21.4 Å². The van der Waals surface area contributed by atoms with E-state index >= 15 is 0 Å². The first-order valence-corrected chi connectivity index (χ1v) is 6.97. The van der Waals surface area contributed by atoms with Crippen LogP contribution in [0.3, 0.4) is 0 Å². The first-order valence-electron chi connectivity index (χ1n) is 5.77. The predicted octanol–water partition coefficient (Wildman–Crippen LogP) is 4.25. The summed E-state index contributed by atoms with van der Waals surface area (Å²) in [6.45, 7) is 0. The maximum atomic E-state index is 13.3. The van der Waals surface area contributed by atoms with Crippen molar-refractivity contribution in [1.29, 1.82) is 0 Å². The summed E-state index contributed by atoms with van der Waals surface area (Å²) in [5.74, 6) is -0.536. The van der Waals surface area contributed by atoms with Crippen LogP contribution in [-0.4, -0.2) is 9.97 Å². The minimum absolute atomic E-state index is 0.423. The average Bonchev–Trinajstić information content (AvgIpc) is 2.81. The second-order valence-electron chi connectivity index (χ2n) is 4.11. The van der Waals surface area contributed by atoms with Crippen LogP contribution in [0, 0.1) is 5.95 Å². The Morgan fingerprint density at radius 3 is 2.75 bits per heavy atom. The van der Waals surface area contributed by atoms with Crippen molar-refractivity contribution in [1.82, 2.24) is 9.97 Å². The molecule has 0 amide bonds. The predicted molar refractivity (Wildman–Crippen MR) is 80.2 cm³/mol. The van der Waals surface area contributed by atoms with Crippen LogP contribution in [0.25, 0.3) is 21.7 Å². The number of nitrogens with zero attached hydrogens (tertiary/aromatic N) is 2. The van der Waals surface area contributed by atoms with Crippen molar-refractivity contribution in [3.8, 4) is 21.7 Å². The highest BCUT2D eigenvalue weighted by atomic mass is 35.5. The van der Waals surface area contributed by atoms with Crippen molar-refractivity contribution >= 4 is 28.1 Å². The monoisotopic (exact) mass is 305 g/mol. The van der Waals surface area contributed by atoms with E-state index in [1.807, 2.05) is 12.1 Å². The fourth-order valence-corrected chi connectivity index (χ4v) is 2.95. The zero-order valence-corrected chi connectivity index (χ0v) is 11.7. The molecule has 0 aliphatic carbocycles. The molecular weight excluding hydrogens is 297 g/mol. The number of halogens is 2. The third kappa shape index (κ3) is 2.50. The van der Waals surface area contributed by atoms with Crippen LogP contribution in [0.2, 0.25) is 5.02 Å². The van der Waals surface area contributed by atoms with Crippen LogP contribution in [0.1, 0.15) is 0 Å². The zero-order valence-electron chi connectivity index (χ0n) is 10.2. The first-order chi connectivity index (χ1) is 9.63. The van der Waals surface area contributed by atoms with Gasteiger partial charge in [-0.1, -0.05) is 35.1 Å². The summed E-state index contributed by atoms with van der Waals surface area (Å²) in [5, 5.41) is 1.04. The topological polar surface area (TPSA) is 51.8 Å². The van der Waals surface area contributed by atoms with Gasteiger partial charge >= 0.3 is 0 Å². The number of rotatable bonds is 2. The highest BCUT2D eigenvalue weighted by Crippen LogP contribution is 2.38. The van der Waals surface area contributed by atoms with Crippen molar-refractivity contribution in [2.24, 2.45) is 0 Å². The van der Waals surface area contributed by atoms with Crippen molar-refractivity contribution < 1.29 is 4.39 Å². The second-order valence-corrected chi connectivity index (χ2v) is 5.57. The number of hydrogen-bond donors (Lipinski definition) is 1. The minimum Gasteiger partial charge on any atom is -0.375 e. The van der Waals surface area contributed by atoms with E-state index in [9.17, 15) is 4.39 Å². The molecule has 0 spiro atoms. The number of anilines is 1. The van der Waals surface area contributed by atoms with Gasteiger partial charge in [0.05, 0.1) is 10.6 Å². The summed E-state index contributed by atoms with van der Waals surface area (Å²) in [5.41, 5.74) is 8.03. The fourth-order valence-electron chi connectivity index (χ4n) is 1.91. The molecule has 3 aromatic rings. The van der Waals surface area contributed by atoms with Crippen LogP contribution in [0.5, 0.6) is 0 Å². The lowest BCUT2D eigenvalue weighted by Crippen LogP contribution is -1.86. The van der Waals surface area contributed by atoms with Crippen LogP contribution in [0.4, 0.5) is 9.52 Å². The van der Waals surface area contributed by atoms with E-state index in [1.54, 1.807) is 18.2 Å². The Kier molecular flexibility index (Phi) is 3.38. The Morgan fingerprint density at radius 1 is 1.15 bits per heavy atom. The number of thiazole rings is 1. The Labute approximate surface area is 123 Å². The highest BCUT2D eigenvalue weighted by molar-refractivity contribution is 7.19. The lowest BCUT2D eigenvalue weighted by atomic mass is 10.1. The summed E-state index contributed by atoms with van der Waals surface area (Å²) in [6, 6.07) is 10.4. The molecule has 0 saturated carbocycles. The average molecular weight is 306 g/mol. The molecule has 3 rings (SSSR count). The van der Waals surface area contributed by atoms with Crippen molar-refractivity contribution in [2.75, 3.05) is 5.73 Å². The van der Waals surface area contributed by atoms with Gasteiger partial charge in [-0.15, -0.1) is 0 Å². The molecule has 2 aromatic heterocycles. The first kappa shape index (κ1) is 13.0. The van der Waals surface area contributed by atoms with E-state index in [0.717, 1.165) is 10.4 Å². The van der Waals surface area contributed by atoms with Gasteiger partial charge in [-0.05, 0) is 18.2 Å². The number of pyridine rings is 1. The molecule has 20 heavy (non-hydrogen) atoms. The van der Waals surface area contributed by atoms with Gasteiger partial charge in [0, 0.05) is 28.4 Å². The van der Waals surface area contributed by atoms with Gasteiger partial charge in [0.1, 0.15) is 0 Å². The molecule has 0 unspecified atom stereocenters. The van der Waals surface area contributed by atoms with Gasteiger partial charge in [0.2, 0.25) is 5.95 Å². The molecule has 2 heterocycles. The van der Waals surface area contributed by atoms with E-state index < -0.39 is 5.95 Å². The van der Waals surface area contributed by atoms with Crippen LogP contribution < -0.4 is 5.73 Å². The van der Waals surface area contributed by atoms with Gasteiger partial charge in [-0.2, -0.15) is 4.39 Å². The van der Waals surface area contributed by atoms with E-state index in [1.165, 1.54) is 23.6 Å². The third-order valence-corrected chi connectivity index (χ3v) is 3.90. The largest absolute Gasteiger partial charge is 0.375 e. The maximum Gasteiger partial charge on any atom is 0.213 e. The number of aromatic nitrogens is 2. The summed E-state index contributed by atoms with van der Waals surface area (Å²) < 4.78 is 13.3. The number of nitrogen functional groups attached to an aromatic ring is 1. The standard InChI is InChI=1S/C14H9ClFN3S/c15-10-3-1-2-8(6-10)12-13(20-14(17)19-12)9-4-5-18-11(16)7-9/h1-7H,(H2,17,19). The van der Waals surface area contributed by atoms with E-state index in [4.69, 9.17) is 17.3 Å². The van der Waals surface area contributed by atoms with Crippen molar-refractivity contribution in [3.63, 3.8) is 0 Å². The summed E-state index contributed by atoms with van der Waals surface area (Å²) >= 11 is 7.31. The smallest absolute Gasteiger partial charge is 0.213 e. The van der Waals surface area contributed by atoms with E-state index in [2.05, 4.69) is 9.97 Å². The molecule has 0 saturated heterocycles. The molecule has 0 fully saturated rings. The van der Waals surface area contributed by atoms with Crippen molar-refractivity contribution in [2.45, 2.75) is 0 Å². The zero-order chi connectivity index (χ0) is 14.1. The lowest BCUT2D eigenvalue weighted by Gasteiger charge is -2.03. The number of nitrogens with two attached hydrogens (primary N) is 1. The molecule has 6 heteroatoms. The Hall–Kier alpha value is -1.98. The number of hydrogen-bond acceptors (Lipinski definition) is 4. The maximum absolute atomic E-state index is 13.3. The molecule has 100 valence electrons. The molecule has 0 bridgehead atoms. The normalized spacial score (nSPS) is 10.7. The molecule has 2 N–H and O–H groups in total. The Morgan fingerprint density at radius 2 is 2.00 bits per heavy atom. The van der Waals surface area contributed by atoms with Gasteiger partial charge in [0.15, 0.2) is 5.13 Å². The molecule has 3 nitrogen and oxygen atoms in total. The summed E-state index contributed by atoms with van der Waals surface area (Å²) in [7, 11) is 0. The molecule has 0 aliphatic rings. The van der Waals surface area contributed by atoms with Gasteiger partial charge in [0.25, 0.3) is 0 Å². The van der Waals surface area contributed by atoms with Crippen molar-refractivity contribution in [3.05, 3.63) is 53.6 Å². The fraction of sp³-hybridized carbons (Fsp3) is 0. The SMILES string of the molecule is Nc1nc(-c2cccc(Cl)c2)c(-c2ccnc(F)c2)s1. The second kappa shape index (κ2) is 5.19. The molecule has 1 aromatic carbocycles. The van der Waals surface area contributed by atoms with Crippen LogP contribution >= 0.6 is 22.9 Å². The van der Waals surface area contributed by atoms with Gasteiger partial charge in [-0.3, -0.25) is 0 Å². The Balaban J connectivity index is 2.18. The molecule has 0 radical (unpaired) electrons. The number of benzene rings is 1.